The summed E-state index contributed by atoms with van der Waals surface area (Å²) in [6.45, 7) is 5.75. The summed E-state index contributed by atoms with van der Waals surface area (Å²) in [4.78, 5) is 12.4. The molecule has 2 rings (SSSR count). The lowest BCUT2D eigenvalue weighted by Crippen LogP contribution is -2.42. The highest BCUT2D eigenvalue weighted by Crippen LogP contribution is 2.27. The zero-order valence-electron chi connectivity index (χ0n) is 11.3. The Morgan fingerprint density at radius 2 is 2.20 bits per heavy atom. The molecule has 7 heteroatoms. The molecule has 0 spiro atoms. The van der Waals surface area contributed by atoms with Gasteiger partial charge in [-0.15, -0.1) is 0 Å². The summed E-state index contributed by atoms with van der Waals surface area (Å²) in [5, 5.41) is 13.9. The van der Waals surface area contributed by atoms with Crippen molar-refractivity contribution in [3.63, 3.8) is 0 Å². The number of hydrogen-bond donors (Lipinski definition) is 1. The van der Waals surface area contributed by atoms with Crippen molar-refractivity contribution >= 4 is 11.4 Å². The van der Waals surface area contributed by atoms with Crippen LogP contribution in [0.15, 0.2) is 18.2 Å². The Morgan fingerprint density at radius 3 is 2.85 bits per heavy atom. The first-order valence-electron chi connectivity index (χ1n) is 6.57. The van der Waals surface area contributed by atoms with Gasteiger partial charge in [-0.1, -0.05) is 6.07 Å². The fourth-order valence-electron chi connectivity index (χ4n) is 2.30. The van der Waals surface area contributed by atoms with E-state index in [1.165, 1.54) is 12.1 Å². The standard InChI is InChI=1S/C13H18FN3O3/c1-10(9-16-5-7-20-8-6-16)15-12-4-2-3-11(14)13(12)17(18)19/h2-4,10,15H,5-9H2,1H3. The molecular weight excluding hydrogens is 265 g/mol. The van der Waals surface area contributed by atoms with Gasteiger partial charge in [-0.05, 0) is 19.1 Å². The second-order valence-electron chi connectivity index (χ2n) is 4.85. The second kappa shape index (κ2) is 6.62. The highest BCUT2D eigenvalue weighted by atomic mass is 19.1. The van der Waals surface area contributed by atoms with Crippen molar-refractivity contribution in [2.24, 2.45) is 0 Å². The first kappa shape index (κ1) is 14.7. The van der Waals surface area contributed by atoms with Crippen molar-refractivity contribution < 1.29 is 14.1 Å². The van der Waals surface area contributed by atoms with Gasteiger partial charge in [-0.25, -0.2) is 0 Å². The van der Waals surface area contributed by atoms with Crippen LogP contribution in [0.2, 0.25) is 0 Å². The molecule has 1 aromatic carbocycles. The third-order valence-corrected chi connectivity index (χ3v) is 3.21. The van der Waals surface area contributed by atoms with Crippen molar-refractivity contribution in [3.05, 3.63) is 34.1 Å². The van der Waals surface area contributed by atoms with E-state index >= 15 is 0 Å². The number of morpholine rings is 1. The van der Waals surface area contributed by atoms with Gasteiger partial charge in [0.15, 0.2) is 0 Å². The van der Waals surface area contributed by atoms with Crippen LogP contribution in [0.5, 0.6) is 0 Å². The number of benzene rings is 1. The van der Waals surface area contributed by atoms with Crippen molar-refractivity contribution in [2.45, 2.75) is 13.0 Å². The van der Waals surface area contributed by atoms with Crippen molar-refractivity contribution in [1.29, 1.82) is 0 Å². The van der Waals surface area contributed by atoms with Gasteiger partial charge in [-0.2, -0.15) is 4.39 Å². The van der Waals surface area contributed by atoms with Gasteiger partial charge >= 0.3 is 5.69 Å². The Labute approximate surface area is 116 Å². The lowest BCUT2D eigenvalue weighted by molar-refractivity contribution is -0.386. The molecule has 0 saturated carbocycles. The summed E-state index contributed by atoms with van der Waals surface area (Å²) in [6, 6.07) is 4.06. The van der Waals surface area contributed by atoms with E-state index in [0.29, 0.717) is 13.2 Å². The maximum absolute atomic E-state index is 13.5. The van der Waals surface area contributed by atoms with Crippen molar-refractivity contribution in [2.75, 3.05) is 38.2 Å². The number of nitrogens with zero attached hydrogens (tertiary/aromatic N) is 2. The molecule has 1 aromatic rings. The van der Waals surface area contributed by atoms with E-state index in [9.17, 15) is 14.5 Å². The molecule has 0 aromatic heterocycles. The Bertz CT molecular complexity index is 478. The quantitative estimate of drug-likeness (QED) is 0.660. The molecular formula is C13H18FN3O3. The van der Waals surface area contributed by atoms with E-state index in [2.05, 4.69) is 10.2 Å². The number of para-hydroxylation sites is 1. The molecule has 110 valence electrons. The van der Waals surface area contributed by atoms with Crippen molar-refractivity contribution in [3.8, 4) is 0 Å². The molecule has 1 fully saturated rings. The maximum atomic E-state index is 13.5. The van der Waals surface area contributed by atoms with Crippen LogP contribution in [0.25, 0.3) is 0 Å². The number of halogens is 1. The van der Waals surface area contributed by atoms with Crippen LogP contribution < -0.4 is 5.32 Å². The summed E-state index contributed by atoms with van der Waals surface area (Å²) < 4.78 is 18.8. The Kier molecular flexibility index (Phi) is 4.86. The van der Waals surface area contributed by atoms with E-state index in [1.807, 2.05) is 6.92 Å². The van der Waals surface area contributed by atoms with Gasteiger partial charge < -0.3 is 10.1 Å². The molecule has 1 saturated heterocycles. The average molecular weight is 283 g/mol. The molecule has 1 N–H and O–H groups in total. The highest BCUT2D eigenvalue weighted by molar-refractivity contribution is 5.62. The normalized spacial score (nSPS) is 17.7. The Balaban J connectivity index is 2.01. The van der Waals surface area contributed by atoms with Gasteiger partial charge in [0.1, 0.15) is 5.69 Å². The van der Waals surface area contributed by atoms with E-state index in [1.54, 1.807) is 0 Å². The van der Waals surface area contributed by atoms with Gasteiger partial charge in [0.05, 0.1) is 18.1 Å². The van der Waals surface area contributed by atoms with Crippen molar-refractivity contribution in [1.82, 2.24) is 4.90 Å². The molecule has 1 aliphatic heterocycles. The molecule has 6 nitrogen and oxygen atoms in total. The summed E-state index contributed by atoms with van der Waals surface area (Å²) >= 11 is 0. The smallest absolute Gasteiger partial charge is 0.327 e. The first-order chi connectivity index (χ1) is 9.58. The number of hydrogen-bond acceptors (Lipinski definition) is 5. The van der Waals surface area contributed by atoms with E-state index in [0.717, 1.165) is 25.7 Å². The average Bonchev–Trinajstić information content (AvgIpc) is 2.39. The Hall–Kier alpha value is -1.73. The molecule has 0 radical (unpaired) electrons. The number of rotatable bonds is 5. The number of anilines is 1. The predicted octanol–water partition coefficient (Wildman–Crippen LogP) is 1.87. The third-order valence-electron chi connectivity index (χ3n) is 3.21. The fourth-order valence-corrected chi connectivity index (χ4v) is 2.30. The predicted molar refractivity (Wildman–Crippen MR) is 73.4 cm³/mol. The van der Waals surface area contributed by atoms with Gasteiger partial charge in [-0.3, -0.25) is 15.0 Å². The first-order valence-corrected chi connectivity index (χ1v) is 6.57. The summed E-state index contributed by atoms with van der Waals surface area (Å²) in [7, 11) is 0. The summed E-state index contributed by atoms with van der Waals surface area (Å²) in [5.41, 5.74) is -0.280. The molecule has 0 amide bonds. The molecule has 0 aliphatic carbocycles. The van der Waals surface area contributed by atoms with E-state index in [4.69, 9.17) is 4.74 Å². The van der Waals surface area contributed by atoms with Crippen LogP contribution in [0, 0.1) is 15.9 Å². The van der Waals surface area contributed by atoms with E-state index in [-0.39, 0.29) is 11.7 Å². The number of nitrogens with one attached hydrogen (secondary N) is 1. The summed E-state index contributed by atoms with van der Waals surface area (Å²) in [6.07, 6.45) is 0. The van der Waals surface area contributed by atoms with Gasteiger partial charge in [0.2, 0.25) is 5.82 Å². The minimum Gasteiger partial charge on any atom is -0.379 e. The molecule has 1 heterocycles. The monoisotopic (exact) mass is 283 g/mol. The van der Waals surface area contributed by atoms with Gasteiger partial charge in [0.25, 0.3) is 0 Å². The molecule has 1 aliphatic rings. The zero-order chi connectivity index (χ0) is 14.5. The van der Waals surface area contributed by atoms with E-state index < -0.39 is 16.4 Å². The molecule has 20 heavy (non-hydrogen) atoms. The summed E-state index contributed by atoms with van der Waals surface area (Å²) in [5.74, 6) is -0.821. The van der Waals surface area contributed by atoms with Crippen LogP contribution in [0.1, 0.15) is 6.92 Å². The lowest BCUT2D eigenvalue weighted by Gasteiger charge is -2.29. The lowest BCUT2D eigenvalue weighted by atomic mass is 10.2. The minimum absolute atomic E-state index is 0.0198. The van der Waals surface area contributed by atoms with Crippen LogP contribution >= 0.6 is 0 Å². The second-order valence-corrected chi connectivity index (χ2v) is 4.85. The molecule has 0 bridgehead atoms. The third kappa shape index (κ3) is 3.64. The minimum atomic E-state index is -0.821. The van der Waals surface area contributed by atoms with Gasteiger partial charge in [0, 0.05) is 25.7 Å². The topological polar surface area (TPSA) is 67.6 Å². The van der Waals surface area contributed by atoms with Crippen LogP contribution in [0.4, 0.5) is 15.8 Å². The van der Waals surface area contributed by atoms with Crippen LogP contribution in [-0.2, 0) is 4.74 Å². The zero-order valence-corrected chi connectivity index (χ0v) is 11.3. The van der Waals surface area contributed by atoms with Crippen LogP contribution in [0.3, 0.4) is 0 Å². The number of ether oxygens (including phenoxy) is 1. The highest BCUT2D eigenvalue weighted by Gasteiger charge is 2.21. The number of nitro groups is 1. The molecule has 1 atom stereocenters. The Morgan fingerprint density at radius 1 is 1.50 bits per heavy atom. The molecule has 1 unspecified atom stereocenters. The van der Waals surface area contributed by atoms with Crippen LogP contribution in [-0.4, -0.2) is 48.7 Å². The maximum Gasteiger partial charge on any atom is 0.327 e. The largest absolute Gasteiger partial charge is 0.379 e. The SMILES string of the molecule is CC(CN1CCOCC1)Nc1cccc(F)c1[N+](=O)[O-]. The fraction of sp³-hybridized carbons (Fsp3) is 0.538. The number of nitro benzene ring substituents is 1.